The Morgan fingerprint density at radius 2 is 1.78 bits per heavy atom. The first-order valence-corrected chi connectivity index (χ1v) is 11.6. The van der Waals surface area contributed by atoms with Gasteiger partial charge in [-0.1, -0.05) is 48.5 Å². The monoisotopic (exact) mass is 463 g/mol. The van der Waals surface area contributed by atoms with E-state index in [1.807, 2.05) is 72.1 Å². The molecule has 0 aliphatic rings. The molecule has 6 nitrogen and oxygen atoms in total. The minimum absolute atomic E-state index is 0.0628. The van der Waals surface area contributed by atoms with Gasteiger partial charge in [-0.3, -0.25) is 14.9 Å². The summed E-state index contributed by atoms with van der Waals surface area (Å²) >= 11 is 2.92. The molecule has 32 heavy (non-hydrogen) atoms. The van der Waals surface area contributed by atoms with Crippen LogP contribution in [0.5, 0.6) is 5.75 Å². The van der Waals surface area contributed by atoms with E-state index in [9.17, 15) is 9.59 Å². The fourth-order valence-electron chi connectivity index (χ4n) is 3.01. The number of para-hydroxylation sites is 1. The van der Waals surface area contributed by atoms with Crippen molar-refractivity contribution in [2.24, 2.45) is 0 Å². The highest BCUT2D eigenvalue weighted by Crippen LogP contribution is 2.31. The highest BCUT2D eigenvalue weighted by Gasteiger charge is 2.12. The summed E-state index contributed by atoms with van der Waals surface area (Å²) in [6, 6.07) is 21.5. The molecule has 0 fully saturated rings. The van der Waals surface area contributed by atoms with E-state index >= 15 is 0 Å². The number of hydrogen-bond donors (Lipinski definition) is 2. The van der Waals surface area contributed by atoms with Gasteiger partial charge in [-0.2, -0.15) is 0 Å². The number of thiophene rings is 1. The van der Waals surface area contributed by atoms with Crippen molar-refractivity contribution in [1.29, 1.82) is 0 Å². The third-order valence-electron chi connectivity index (χ3n) is 4.51. The van der Waals surface area contributed by atoms with Gasteiger partial charge in [0, 0.05) is 22.7 Å². The molecule has 2 amide bonds. The second-order valence-corrected chi connectivity index (χ2v) is 8.94. The lowest BCUT2D eigenvalue weighted by Gasteiger charge is -2.11. The van der Waals surface area contributed by atoms with Gasteiger partial charge in [0.25, 0.3) is 5.91 Å². The summed E-state index contributed by atoms with van der Waals surface area (Å²) in [7, 11) is 0. The van der Waals surface area contributed by atoms with E-state index in [2.05, 4.69) is 15.6 Å². The van der Waals surface area contributed by atoms with Crippen molar-refractivity contribution >= 4 is 39.6 Å². The highest BCUT2D eigenvalue weighted by molar-refractivity contribution is 7.17. The number of rotatable bonds is 8. The molecule has 2 aromatic heterocycles. The lowest BCUT2D eigenvalue weighted by Crippen LogP contribution is -2.20. The standard InChI is InChI=1S/C24H21N3O3S2/c1-16(28)25-13-18-11-12-22(32-18)20-15-31-24(26-20)27-23(29)14-30-21-10-6-5-9-19(21)17-7-3-2-4-8-17/h2-12,15H,13-14H2,1H3,(H,25,28)(H,26,27,29). The first-order chi connectivity index (χ1) is 15.6. The lowest BCUT2D eigenvalue weighted by molar-refractivity contribution is -0.119. The van der Waals surface area contributed by atoms with E-state index in [1.165, 1.54) is 18.3 Å². The molecule has 8 heteroatoms. The van der Waals surface area contributed by atoms with Crippen LogP contribution in [0.25, 0.3) is 21.7 Å². The Hall–Kier alpha value is -3.49. The van der Waals surface area contributed by atoms with Crippen LogP contribution >= 0.6 is 22.7 Å². The second-order valence-electron chi connectivity index (χ2n) is 6.91. The third kappa shape index (κ3) is 5.60. The van der Waals surface area contributed by atoms with Crippen LogP contribution in [-0.4, -0.2) is 23.4 Å². The number of hydrogen-bond acceptors (Lipinski definition) is 6. The van der Waals surface area contributed by atoms with Gasteiger partial charge in [-0.25, -0.2) is 4.98 Å². The Balaban J connectivity index is 1.35. The quantitative estimate of drug-likeness (QED) is 0.377. The zero-order valence-electron chi connectivity index (χ0n) is 17.3. The zero-order valence-corrected chi connectivity index (χ0v) is 19.0. The molecule has 2 aromatic carbocycles. The van der Waals surface area contributed by atoms with E-state index in [0.717, 1.165) is 26.6 Å². The van der Waals surface area contributed by atoms with Crippen molar-refractivity contribution in [2.75, 3.05) is 11.9 Å². The van der Waals surface area contributed by atoms with Gasteiger partial charge in [-0.15, -0.1) is 22.7 Å². The van der Waals surface area contributed by atoms with Crippen LogP contribution < -0.4 is 15.4 Å². The van der Waals surface area contributed by atoms with Crippen molar-refractivity contribution in [3.05, 3.63) is 77.0 Å². The number of carbonyl (C=O) groups excluding carboxylic acids is 2. The molecule has 4 rings (SSSR count). The predicted molar refractivity (Wildman–Crippen MR) is 129 cm³/mol. The number of anilines is 1. The van der Waals surface area contributed by atoms with Crippen molar-refractivity contribution in [3.8, 4) is 27.4 Å². The Kier molecular flexibility index (Phi) is 6.94. The number of nitrogens with zero attached hydrogens (tertiary/aromatic N) is 1. The van der Waals surface area contributed by atoms with E-state index in [0.29, 0.717) is 17.4 Å². The second kappa shape index (κ2) is 10.2. The fourth-order valence-corrected chi connectivity index (χ4v) is 4.72. The molecule has 0 atom stereocenters. The maximum absolute atomic E-state index is 12.4. The number of aromatic nitrogens is 1. The first kappa shape index (κ1) is 21.7. The number of carbonyl (C=O) groups is 2. The van der Waals surface area contributed by atoms with E-state index in [4.69, 9.17) is 4.74 Å². The summed E-state index contributed by atoms with van der Waals surface area (Å²) < 4.78 is 5.80. The van der Waals surface area contributed by atoms with Crippen molar-refractivity contribution in [3.63, 3.8) is 0 Å². The lowest BCUT2D eigenvalue weighted by atomic mass is 10.1. The van der Waals surface area contributed by atoms with Crippen LogP contribution in [-0.2, 0) is 16.1 Å². The molecule has 4 aromatic rings. The zero-order chi connectivity index (χ0) is 22.3. The molecule has 2 N–H and O–H groups in total. The van der Waals surface area contributed by atoms with Crippen molar-refractivity contribution in [1.82, 2.24) is 10.3 Å². The molecule has 0 saturated heterocycles. The van der Waals surface area contributed by atoms with Crippen LogP contribution in [0.4, 0.5) is 5.13 Å². The van der Waals surface area contributed by atoms with Gasteiger partial charge >= 0.3 is 0 Å². The van der Waals surface area contributed by atoms with Gasteiger partial charge < -0.3 is 10.1 Å². The largest absolute Gasteiger partial charge is 0.483 e. The summed E-state index contributed by atoms with van der Waals surface area (Å²) in [5.74, 6) is 0.317. The van der Waals surface area contributed by atoms with E-state index in [1.54, 1.807) is 11.3 Å². The molecular weight excluding hydrogens is 442 g/mol. The van der Waals surface area contributed by atoms with Crippen LogP contribution in [0.1, 0.15) is 11.8 Å². The maximum Gasteiger partial charge on any atom is 0.264 e. The van der Waals surface area contributed by atoms with Crippen LogP contribution in [0.2, 0.25) is 0 Å². The molecule has 0 aliphatic heterocycles. The van der Waals surface area contributed by atoms with Gasteiger partial charge in [-0.05, 0) is 23.8 Å². The van der Waals surface area contributed by atoms with Crippen LogP contribution in [0.15, 0.2) is 72.1 Å². The number of ether oxygens (including phenoxy) is 1. The van der Waals surface area contributed by atoms with Gasteiger partial charge in [0.05, 0.1) is 17.1 Å². The Bertz CT molecular complexity index is 1220. The van der Waals surface area contributed by atoms with Gasteiger partial charge in [0.15, 0.2) is 11.7 Å². The Labute approximate surface area is 193 Å². The number of nitrogens with one attached hydrogen (secondary N) is 2. The smallest absolute Gasteiger partial charge is 0.264 e. The number of benzene rings is 2. The minimum atomic E-state index is -0.272. The topological polar surface area (TPSA) is 80.3 Å². The molecular formula is C24H21N3O3S2. The average molecular weight is 464 g/mol. The molecule has 0 saturated carbocycles. The highest BCUT2D eigenvalue weighted by atomic mass is 32.1. The predicted octanol–water partition coefficient (Wildman–Crippen LogP) is 5.19. The van der Waals surface area contributed by atoms with E-state index in [-0.39, 0.29) is 18.4 Å². The van der Waals surface area contributed by atoms with Gasteiger partial charge in [0.2, 0.25) is 5.91 Å². The molecule has 0 aliphatic carbocycles. The third-order valence-corrected chi connectivity index (χ3v) is 6.37. The molecule has 162 valence electrons. The minimum Gasteiger partial charge on any atom is -0.483 e. The summed E-state index contributed by atoms with van der Waals surface area (Å²) in [6.07, 6.45) is 0. The number of amides is 2. The van der Waals surface area contributed by atoms with Crippen molar-refractivity contribution in [2.45, 2.75) is 13.5 Å². The van der Waals surface area contributed by atoms with Crippen LogP contribution in [0.3, 0.4) is 0 Å². The number of thiazole rings is 1. The Morgan fingerprint density at radius 3 is 2.59 bits per heavy atom. The maximum atomic E-state index is 12.4. The SMILES string of the molecule is CC(=O)NCc1ccc(-c2csc(NC(=O)COc3ccccc3-c3ccccc3)n2)s1. The molecule has 0 spiro atoms. The van der Waals surface area contributed by atoms with Gasteiger partial charge in [0.1, 0.15) is 5.75 Å². The molecule has 2 heterocycles. The van der Waals surface area contributed by atoms with Crippen LogP contribution in [0, 0.1) is 0 Å². The summed E-state index contributed by atoms with van der Waals surface area (Å²) in [6.45, 7) is 1.88. The fraction of sp³-hybridized carbons (Fsp3) is 0.125. The molecule has 0 unspecified atom stereocenters. The Morgan fingerprint density at radius 1 is 1.00 bits per heavy atom. The normalized spacial score (nSPS) is 10.5. The van der Waals surface area contributed by atoms with Crippen molar-refractivity contribution < 1.29 is 14.3 Å². The average Bonchev–Trinajstić information content (AvgIpc) is 3.46. The molecule has 0 radical (unpaired) electrons. The summed E-state index contributed by atoms with van der Waals surface area (Å²) in [4.78, 5) is 30.0. The summed E-state index contributed by atoms with van der Waals surface area (Å²) in [5.41, 5.74) is 2.76. The van der Waals surface area contributed by atoms with E-state index < -0.39 is 0 Å². The first-order valence-electron chi connectivity index (χ1n) is 9.94. The molecule has 0 bridgehead atoms. The summed E-state index contributed by atoms with van der Waals surface area (Å²) in [5, 5.41) is 8.00.